The van der Waals surface area contributed by atoms with Crippen molar-refractivity contribution < 1.29 is 17.9 Å². The fourth-order valence-electron chi connectivity index (χ4n) is 3.24. The summed E-state index contributed by atoms with van der Waals surface area (Å²) in [5.41, 5.74) is 3.10. The van der Waals surface area contributed by atoms with E-state index in [1.54, 1.807) is 6.92 Å². The monoisotopic (exact) mass is 393 g/mol. The molecule has 1 aromatic heterocycles. The second kappa shape index (κ2) is 8.41. The van der Waals surface area contributed by atoms with Gasteiger partial charge in [-0.15, -0.1) is 0 Å². The van der Waals surface area contributed by atoms with Gasteiger partial charge < -0.3 is 9.47 Å². The fourth-order valence-corrected chi connectivity index (χ4v) is 4.17. The molecule has 0 bridgehead atoms. The number of nitrogens with one attached hydrogen (secondary N) is 1. The molecule has 1 aliphatic heterocycles. The summed E-state index contributed by atoms with van der Waals surface area (Å²) in [6, 6.07) is 9.74. The van der Waals surface area contributed by atoms with Crippen LogP contribution < -0.4 is 9.46 Å². The van der Waals surface area contributed by atoms with E-state index in [1.807, 2.05) is 49.0 Å². The Morgan fingerprint density at radius 3 is 2.70 bits per heavy atom. The zero-order valence-electron chi connectivity index (χ0n) is 16.0. The number of aromatic nitrogens is 2. The number of hydrogen-bond donors (Lipinski definition) is 1. The smallest absolute Gasteiger partial charge is 0.211 e. The molecule has 2 atom stereocenters. The van der Waals surface area contributed by atoms with Crippen LogP contribution in [-0.2, 0) is 21.8 Å². The molecule has 1 fully saturated rings. The van der Waals surface area contributed by atoms with Crippen molar-refractivity contribution in [3.05, 3.63) is 36.0 Å². The summed E-state index contributed by atoms with van der Waals surface area (Å²) in [4.78, 5) is 0. The van der Waals surface area contributed by atoms with Gasteiger partial charge in [-0.2, -0.15) is 5.10 Å². The van der Waals surface area contributed by atoms with Crippen LogP contribution in [0, 0.1) is 12.8 Å². The van der Waals surface area contributed by atoms with Crippen LogP contribution in [0.4, 0.5) is 0 Å². The largest absolute Gasteiger partial charge is 0.493 e. The predicted molar refractivity (Wildman–Crippen MR) is 104 cm³/mol. The lowest BCUT2D eigenvalue weighted by atomic mass is 9.98. The maximum Gasteiger partial charge on any atom is 0.211 e. The van der Waals surface area contributed by atoms with E-state index in [1.165, 1.54) is 0 Å². The Morgan fingerprint density at radius 2 is 2.07 bits per heavy atom. The zero-order valence-corrected chi connectivity index (χ0v) is 16.8. The molecule has 3 rings (SSSR count). The van der Waals surface area contributed by atoms with Gasteiger partial charge in [0.15, 0.2) is 0 Å². The van der Waals surface area contributed by atoms with Gasteiger partial charge in [0.25, 0.3) is 0 Å². The standard InChI is InChI=1S/C19H27N3O4S/c1-4-27(23,24)21-18-9-10-25-12-16(18)13-26-17-7-5-15(6-8-17)19-11-14(2)20-22(19)3/h5-8,11,16,18,21H,4,9-10,12-13H2,1-3H3/t16-,18+/m1/s1. The van der Waals surface area contributed by atoms with Gasteiger partial charge in [0, 0.05) is 31.2 Å². The topological polar surface area (TPSA) is 82.5 Å². The molecule has 0 spiro atoms. The molecule has 1 aliphatic rings. The van der Waals surface area contributed by atoms with Crippen molar-refractivity contribution in [1.82, 2.24) is 14.5 Å². The normalized spacial score (nSPS) is 20.6. The summed E-state index contributed by atoms with van der Waals surface area (Å²) in [6.45, 7) is 5.06. The highest BCUT2D eigenvalue weighted by Gasteiger charge is 2.29. The van der Waals surface area contributed by atoms with Gasteiger partial charge in [-0.25, -0.2) is 13.1 Å². The summed E-state index contributed by atoms with van der Waals surface area (Å²) in [5, 5.41) is 4.37. The van der Waals surface area contributed by atoms with Crippen molar-refractivity contribution in [1.29, 1.82) is 0 Å². The van der Waals surface area contributed by atoms with E-state index < -0.39 is 10.0 Å². The number of rotatable bonds is 7. The predicted octanol–water partition coefficient (Wildman–Crippen LogP) is 2.12. The Bertz CT molecular complexity index is 862. The minimum Gasteiger partial charge on any atom is -0.493 e. The van der Waals surface area contributed by atoms with E-state index >= 15 is 0 Å². The van der Waals surface area contributed by atoms with E-state index in [-0.39, 0.29) is 17.7 Å². The van der Waals surface area contributed by atoms with Crippen LogP contribution in [0.5, 0.6) is 5.75 Å². The van der Waals surface area contributed by atoms with E-state index in [9.17, 15) is 8.42 Å². The summed E-state index contributed by atoms with van der Waals surface area (Å²) < 4.78 is 39.8. The Hall–Kier alpha value is -1.90. The Kier molecular flexibility index (Phi) is 6.18. The van der Waals surface area contributed by atoms with E-state index in [4.69, 9.17) is 9.47 Å². The highest BCUT2D eigenvalue weighted by atomic mass is 32.2. The van der Waals surface area contributed by atoms with Crippen molar-refractivity contribution in [2.75, 3.05) is 25.6 Å². The third-order valence-corrected chi connectivity index (χ3v) is 6.22. The van der Waals surface area contributed by atoms with Crippen molar-refractivity contribution in [2.45, 2.75) is 26.3 Å². The maximum absolute atomic E-state index is 11.9. The Labute approximate surface area is 160 Å². The number of aryl methyl sites for hydroxylation is 2. The van der Waals surface area contributed by atoms with Crippen LogP contribution in [0.2, 0.25) is 0 Å². The number of benzene rings is 1. The van der Waals surface area contributed by atoms with Crippen LogP contribution in [0.15, 0.2) is 30.3 Å². The van der Waals surface area contributed by atoms with Gasteiger partial charge in [0.05, 0.1) is 30.4 Å². The van der Waals surface area contributed by atoms with E-state index in [0.717, 1.165) is 22.7 Å². The first kappa shape index (κ1) is 19.9. The highest BCUT2D eigenvalue weighted by molar-refractivity contribution is 7.89. The van der Waals surface area contributed by atoms with Gasteiger partial charge in [0.2, 0.25) is 10.0 Å². The van der Waals surface area contributed by atoms with Crippen LogP contribution in [-0.4, -0.2) is 49.8 Å². The lowest BCUT2D eigenvalue weighted by molar-refractivity contribution is 0.0186. The van der Waals surface area contributed by atoms with Crippen LogP contribution in [0.25, 0.3) is 11.3 Å². The Morgan fingerprint density at radius 1 is 1.33 bits per heavy atom. The first-order valence-corrected chi connectivity index (χ1v) is 10.8. The fraction of sp³-hybridized carbons (Fsp3) is 0.526. The molecular formula is C19H27N3O4S. The third-order valence-electron chi connectivity index (χ3n) is 4.80. The van der Waals surface area contributed by atoms with Gasteiger partial charge in [-0.05, 0) is 50.6 Å². The molecule has 0 amide bonds. The molecule has 27 heavy (non-hydrogen) atoms. The van der Waals surface area contributed by atoms with Crippen molar-refractivity contribution in [2.24, 2.45) is 13.0 Å². The second-order valence-electron chi connectivity index (χ2n) is 6.88. The van der Waals surface area contributed by atoms with Crippen LogP contribution in [0.3, 0.4) is 0 Å². The number of sulfonamides is 1. The molecule has 0 saturated carbocycles. The van der Waals surface area contributed by atoms with Gasteiger partial charge in [-0.3, -0.25) is 4.68 Å². The maximum atomic E-state index is 11.9. The molecule has 1 N–H and O–H groups in total. The first-order chi connectivity index (χ1) is 12.9. The summed E-state index contributed by atoms with van der Waals surface area (Å²) in [6.07, 6.45) is 0.659. The number of nitrogens with zero attached hydrogens (tertiary/aromatic N) is 2. The molecule has 0 radical (unpaired) electrons. The van der Waals surface area contributed by atoms with Crippen molar-refractivity contribution >= 4 is 10.0 Å². The molecule has 1 saturated heterocycles. The molecule has 7 nitrogen and oxygen atoms in total. The number of hydrogen-bond acceptors (Lipinski definition) is 5. The molecular weight excluding hydrogens is 366 g/mol. The summed E-state index contributed by atoms with van der Waals surface area (Å²) >= 11 is 0. The number of ether oxygens (including phenoxy) is 2. The first-order valence-electron chi connectivity index (χ1n) is 9.19. The molecule has 148 valence electrons. The molecule has 8 heteroatoms. The van der Waals surface area contributed by atoms with Gasteiger partial charge in [-0.1, -0.05) is 0 Å². The minimum atomic E-state index is -3.24. The summed E-state index contributed by atoms with van der Waals surface area (Å²) in [5.74, 6) is 0.812. The average Bonchev–Trinajstić information content (AvgIpc) is 2.99. The zero-order chi connectivity index (χ0) is 19.4. The molecule has 0 aliphatic carbocycles. The second-order valence-corrected chi connectivity index (χ2v) is 8.92. The van der Waals surface area contributed by atoms with Crippen LogP contribution >= 0.6 is 0 Å². The van der Waals surface area contributed by atoms with Crippen molar-refractivity contribution in [3.8, 4) is 17.0 Å². The molecule has 2 aromatic rings. The molecule has 1 aromatic carbocycles. The van der Waals surface area contributed by atoms with E-state index in [0.29, 0.717) is 26.2 Å². The SMILES string of the molecule is CCS(=O)(=O)N[C@H]1CCOC[C@@H]1COc1ccc(-c2cc(C)nn2C)cc1. The van der Waals surface area contributed by atoms with E-state index in [2.05, 4.69) is 9.82 Å². The third kappa shape index (κ3) is 5.09. The van der Waals surface area contributed by atoms with Crippen molar-refractivity contribution in [3.63, 3.8) is 0 Å². The van der Waals surface area contributed by atoms with Gasteiger partial charge in [0.1, 0.15) is 5.75 Å². The quantitative estimate of drug-likeness (QED) is 0.779. The average molecular weight is 394 g/mol. The molecule has 2 heterocycles. The molecule has 0 unspecified atom stereocenters. The van der Waals surface area contributed by atoms with Gasteiger partial charge >= 0.3 is 0 Å². The lowest BCUT2D eigenvalue weighted by Gasteiger charge is -2.31. The lowest BCUT2D eigenvalue weighted by Crippen LogP contribution is -2.47. The minimum absolute atomic E-state index is 0.0144. The van der Waals surface area contributed by atoms with Crippen LogP contribution in [0.1, 0.15) is 19.0 Å². The summed E-state index contributed by atoms with van der Waals surface area (Å²) in [7, 11) is -1.32. The Balaban J connectivity index is 1.62. The highest BCUT2D eigenvalue weighted by Crippen LogP contribution is 2.24.